The topological polar surface area (TPSA) is 0 Å². The third kappa shape index (κ3) is 5.62. The molecule has 112 valence electrons. The molecule has 0 unspecified atom stereocenters. The highest BCUT2D eigenvalue weighted by atomic mass is 35.5. The lowest BCUT2D eigenvalue weighted by molar-refractivity contribution is -0.0164. The van der Waals surface area contributed by atoms with Crippen LogP contribution in [0.25, 0.3) is 0 Å². The molecule has 0 heterocycles. The van der Waals surface area contributed by atoms with Crippen LogP contribution in [0.2, 0.25) is 5.02 Å². The van der Waals surface area contributed by atoms with Crippen molar-refractivity contribution in [3.63, 3.8) is 0 Å². The Morgan fingerprint density at radius 3 is 2.50 bits per heavy atom. The van der Waals surface area contributed by atoms with Gasteiger partial charge in [-0.3, -0.25) is 0 Å². The van der Waals surface area contributed by atoms with Crippen LogP contribution in [0.15, 0.2) is 30.4 Å². The summed E-state index contributed by atoms with van der Waals surface area (Å²) >= 11 is 6.00. The molecular formula is C17H23ClF2. The van der Waals surface area contributed by atoms with E-state index in [2.05, 4.69) is 13.5 Å². The lowest BCUT2D eigenvalue weighted by atomic mass is 9.95. The van der Waals surface area contributed by atoms with Gasteiger partial charge in [-0.05, 0) is 42.5 Å². The molecule has 0 aliphatic heterocycles. The maximum absolute atomic E-state index is 13.5. The molecule has 0 spiro atoms. The quantitative estimate of drug-likeness (QED) is 0.500. The summed E-state index contributed by atoms with van der Waals surface area (Å²) in [5.41, 5.74) is 3.15. The molecule has 1 rings (SSSR count). The van der Waals surface area contributed by atoms with Crippen molar-refractivity contribution in [1.82, 2.24) is 0 Å². The largest absolute Gasteiger partial charge is 0.248 e. The number of hydrogen-bond acceptors (Lipinski definition) is 0. The summed E-state index contributed by atoms with van der Waals surface area (Å²) in [6, 6.07) is 5.77. The predicted molar refractivity (Wildman–Crippen MR) is 82.8 cm³/mol. The van der Waals surface area contributed by atoms with Gasteiger partial charge in [0.15, 0.2) is 0 Å². The van der Waals surface area contributed by atoms with Gasteiger partial charge in [-0.15, -0.1) is 0 Å². The molecule has 0 aliphatic rings. The third-order valence-corrected chi connectivity index (χ3v) is 3.68. The highest BCUT2D eigenvalue weighted by Crippen LogP contribution is 2.29. The van der Waals surface area contributed by atoms with E-state index in [0.717, 1.165) is 17.6 Å². The normalized spacial score (nSPS) is 11.7. The monoisotopic (exact) mass is 300 g/mol. The van der Waals surface area contributed by atoms with Crippen molar-refractivity contribution in [2.45, 2.75) is 58.3 Å². The van der Waals surface area contributed by atoms with E-state index in [9.17, 15) is 8.78 Å². The molecule has 1 aromatic carbocycles. The number of rotatable bonds is 8. The molecule has 0 atom stereocenters. The lowest BCUT2D eigenvalue weighted by Gasteiger charge is -2.16. The average Bonchev–Trinajstić information content (AvgIpc) is 2.37. The van der Waals surface area contributed by atoms with Gasteiger partial charge in [0, 0.05) is 17.9 Å². The van der Waals surface area contributed by atoms with E-state index < -0.39 is 5.92 Å². The van der Waals surface area contributed by atoms with Crippen LogP contribution in [0.4, 0.5) is 8.78 Å². The summed E-state index contributed by atoms with van der Waals surface area (Å²) in [4.78, 5) is 0. The Kier molecular flexibility index (Phi) is 6.67. The van der Waals surface area contributed by atoms with E-state index in [1.54, 1.807) is 6.92 Å². The average molecular weight is 301 g/mol. The zero-order valence-corrected chi connectivity index (χ0v) is 13.1. The number of allylic oxidation sites excluding steroid dienone is 1. The number of alkyl halides is 2. The maximum atomic E-state index is 13.5. The fourth-order valence-electron chi connectivity index (χ4n) is 2.31. The zero-order chi connectivity index (χ0) is 15.2. The first-order valence-electron chi connectivity index (χ1n) is 7.19. The van der Waals surface area contributed by atoms with Gasteiger partial charge in [-0.2, -0.15) is 0 Å². The summed E-state index contributed by atoms with van der Waals surface area (Å²) in [7, 11) is 0. The van der Waals surface area contributed by atoms with Crippen molar-refractivity contribution < 1.29 is 8.78 Å². The van der Waals surface area contributed by atoms with E-state index in [0.29, 0.717) is 24.3 Å². The standard InChI is InChI=1S/C17H23ClF2/c1-4-9-17(19,20)10-8-13(3)11-15-12-16(18)7-6-14(15)5-2/h6-7,12H,3-5,8-11H2,1-2H3. The van der Waals surface area contributed by atoms with Gasteiger partial charge < -0.3 is 0 Å². The predicted octanol–water partition coefficient (Wildman–Crippen LogP) is 6.22. The van der Waals surface area contributed by atoms with Crippen molar-refractivity contribution in [3.8, 4) is 0 Å². The molecule has 0 nitrogen and oxygen atoms in total. The Bertz CT molecular complexity index is 452. The Hall–Kier alpha value is -0.890. The van der Waals surface area contributed by atoms with Crippen molar-refractivity contribution >= 4 is 11.6 Å². The van der Waals surface area contributed by atoms with Crippen LogP contribution in [0.1, 0.15) is 50.7 Å². The van der Waals surface area contributed by atoms with Gasteiger partial charge in [-0.25, -0.2) is 8.78 Å². The molecule has 3 heteroatoms. The second-order valence-corrected chi connectivity index (χ2v) is 5.74. The lowest BCUT2D eigenvalue weighted by Crippen LogP contribution is -2.15. The molecule has 0 N–H and O–H groups in total. The van der Waals surface area contributed by atoms with Gasteiger partial charge in [0.05, 0.1) is 0 Å². The molecular weight excluding hydrogens is 278 g/mol. The highest BCUT2D eigenvalue weighted by molar-refractivity contribution is 6.30. The Morgan fingerprint density at radius 1 is 1.20 bits per heavy atom. The second-order valence-electron chi connectivity index (χ2n) is 5.30. The van der Waals surface area contributed by atoms with E-state index in [-0.39, 0.29) is 12.8 Å². The van der Waals surface area contributed by atoms with Gasteiger partial charge in [-0.1, -0.05) is 50.1 Å². The third-order valence-electron chi connectivity index (χ3n) is 3.45. The number of hydrogen-bond donors (Lipinski definition) is 0. The van der Waals surface area contributed by atoms with Crippen LogP contribution in [0.5, 0.6) is 0 Å². The van der Waals surface area contributed by atoms with Crippen LogP contribution in [-0.2, 0) is 12.8 Å². The molecule has 0 bridgehead atoms. The molecule has 0 amide bonds. The minimum Gasteiger partial charge on any atom is -0.207 e. The summed E-state index contributed by atoms with van der Waals surface area (Å²) in [5, 5.41) is 0.682. The van der Waals surface area contributed by atoms with Crippen LogP contribution >= 0.6 is 11.6 Å². The first kappa shape index (κ1) is 17.2. The second kappa shape index (κ2) is 7.78. The van der Waals surface area contributed by atoms with Crippen molar-refractivity contribution in [1.29, 1.82) is 0 Å². The molecule has 0 fully saturated rings. The van der Waals surface area contributed by atoms with E-state index in [4.69, 9.17) is 11.6 Å². The fraction of sp³-hybridized carbons (Fsp3) is 0.529. The summed E-state index contributed by atoms with van der Waals surface area (Å²) < 4.78 is 26.9. The van der Waals surface area contributed by atoms with Gasteiger partial charge in [0.1, 0.15) is 0 Å². The van der Waals surface area contributed by atoms with Gasteiger partial charge >= 0.3 is 0 Å². The van der Waals surface area contributed by atoms with Crippen LogP contribution in [0, 0.1) is 0 Å². The Balaban J connectivity index is 2.61. The van der Waals surface area contributed by atoms with Gasteiger partial charge in [0.25, 0.3) is 0 Å². The van der Waals surface area contributed by atoms with Crippen LogP contribution in [-0.4, -0.2) is 5.92 Å². The zero-order valence-electron chi connectivity index (χ0n) is 12.3. The Morgan fingerprint density at radius 2 is 1.90 bits per heavy atom. The van der Waals surface area contributed by atoms with E-state index in [1.807, 2.05) is 18.2 Å². The summed E-state index contributed by atoms with van der Waals surface area (Å²) in [6.07, 6.45) is 2.26. The molecule has 0 aliphatic carbocycles. The maximum Gasteiger partial charge on any atom is 0.248 e. The van der Waals surface area contributed by atoms with E-state index in [1.165, 1.54) is 5.56 Å². The van der Waals surface area contributed by atoms with E-state index >= 15 is 0 Å². The van der Waals surface area contributed by atoms with Crippen molar-refractivity contribution in [3.05, 3.63) is 46.5 Å². The van der Waals surface area contributed by atoms with Crippen molar-refractivity contribution in [2.75, 3.05) is 0 Å². The molecule has 20 heavy (non-hydrogen) atoms. The fourth-order valence-corrected chi connectivity index (χ4v) is 2.51. The molecule has 0 saturated carbocycles. The molecule has 1 aromatic rings. The SMILES string of the molecule is C=C(CCC(F)(F)CCC)Cc1cc(Cl)ccc1CC. The minimum atomic E-state index is -2.57. The highest BCUT2D eigenvalue weighted by Gasteiger charge is 2.26. The van der Waals surface area contributed by atoms with Crippen molar-refractivity contribution in [2.24, 2.45) is 0 Å². The summed E-state index contributed by atoms with van der Waals surface area (Å²) in [6.45, 7) is 7.80. The van der Waals surface area contributed by atoms with Crippen LogP contribution in [0.3, 0.4) is 0 Å². The first-order chi connectivity index (χ1) is 9.38. The Labute approximate surface area is 125 Å². The molecule has 0 aromatic heterocycles. The number of halogens is 3. The number of aryl methyl sites for hydroxylation is 1. The first-order valence-corrected chi connectivity index (χ1v) is 7.57. The smallest absolute Gasteiger partial charge is 0.207 e. The minimum absolute atomic E-state index is 0.0440. The molecule has 0 radical (unpaired) electrons. The molecule has 0 saturated heterocycles. The van der Waals surface area contributed by atoms with Gasteiger partial charge in [0.2, 0.25) is 5.92 Å². The number of benzene rings is 1. The summed E-state index contributed by atoms with van der Waals surface area (Å²) in [5.74, 6) is -2.57. The van der Waals surface area contributed by atoms with Crippen LogP contribution < -0.4 is 0 Å².